The van der Waals surface area contributed by atoms with Crippen molar-refractivity contribution in [3.63, 3.8) is 0 Å². The molecule has 178 valence electrons. The second-order valence-electron chi connectivity index (χ2n) is 8.95. The number of halogens is 2. The van der Waals surface area contributed by atoms with Crippen molar-refractivity contribution in [3.8, 4) is 5.69 Å². The van der Waals surface area contributed by atoms with Gasteiger partial charge in [0.15, 0.2) is 5.11 Å². The number of anilines is 1. The van der Waals surface area contributed by atoms with Gasteiger partial charge in [0.2, 0.25) is 0 Å². The topological polar surface area (TPSA) is 33.1 Å². The molecule has 5 rings (SSSR count). The van der Waals surface area contributed by atoms with E-state index < -0.39 is 0 Å². The molecule has 0 saturated carbocycles. The Morgan fingerprint density at radius 1 is 0.943 bits per heavy atom. The van der Waals surface area contributed by atoms with Crippen molar-refractivity contribution in [1.82, 2.24) is 14.9 Å². The molecule has 35 heavy (non-hydrogen) atoms. The molecule has 2 atom stereocenters. The van der Waals surface area contributed by atoms with Crippen LogP contribution < -0.4 is 10.2 Å². The number of rotatable bonds is 4. The molecule has 0 spiro atoms. The fraction of sp³-hybridized carbons (Fsp3) is 0.214. The molecule has 0 radical (unpaired) electrons. The van der Waals surface area contributed by atoms with Crippen molar-refractivity contribution in [2.45, 2.75) is 39.8 Å². The average molecular weight is 566 g/mol. The number of benzene rings is 2. The van der Waals surface area contributed by atoms with E-state index in [-0.39, 0.29) is 12.1 Å². The summed E-state index contributed by atoms with van der Waals surface area (Å²) >= 11 is 15.9. The third-order valence-electron chi connectivity index (χ3n) is 6.89. The number of pyridine rings is 1. The largest absolute Gasteiger partial charge is 0.351 e. The van der Waals surface area contributed by atoms with Crippen molar-refractivity contribution in [3.05, 3.63) is 110 Å². The van der Waals surface area contributed by atoms with E-state index in [0.29, 0.717) is 5.11 Å². The van der Waals surface area contributed by atoms with Crippen LogP contribution in [0.3, 0.4) is 0 Å². The van der Waals surface area contributed by atoms with Gasteiger partial charge in [0.25, 0.3) is 0 Å². The Morgan fingerprint density at radius 3 is 2.43 bits per heavy atom. The van der Waals surface area contributed by atoms with Crippen LogP contribution in [0.5, 0.6) is 0 Å². The number of hydrogen-bond donors (Lipinski definition) is 1. The van der Waals surface area contributed by atoms with Crippen LogP contribution in [0.15, 0.2) is 71.3 Å². The third-order valence-corrected chi connectivity index (χ3v) is 8.33. The van der Waals surface area contributed by atoms with Crippen molar-refractivity contribution in [1.29, 1.82) is 0 Å². The van der Waals surface area contributed by atoms with Gasteiger partial charge in [0.05, 0.1) is 17.8 Å². The van der Waals surface area contributed by atoms with E-state index >= 15 is 0 Å². The van der Waals surface area contributed by atoms with Gasteiger partial charge in [-0.3, -0.25) is 4.98 Å². The molecule has 2 aromatic heterocycles. The number of thiocarbonyl (C=S) groups is 1. The van der Waals surface area contributed by atoms with Gasteiger partial charge >= 0.3 is 0 Å². The standard InChI is InChI=1S/C28H26BrClN4S/c1-16-14-22(11-12-23(16)29)34-27(26(32-28(34)35)24-10-5-6-13-31-24)25-17(2)18(3)33(19(25)4)21-9-7-8-20(30)15-21/h5-15,26-27H,1-4H3,(H,32,35)/t26-,27-/m1/s1. The Bertz CT molecular complexity index is 1430. The number of aryl methyl sites for hydroxylation is 1. The third kappa shape index (κ3) is 4.18. The molecular weight excluding hydrogens is 540 g/mol. The summed E-state index contributed by atoms with van der Waals surface area (Å²) in [6, 6.07) is 20.2. The predicted molar refractivity (Wildman–Crippen MR) is 152 cm³/mol. The molecule has 1 saturated heterocycles. The lowest BCUT2D eigenvalue weighted by atomic mass is 9.93. The average Bonchev–Trinajstić information content (AvgIpc) is 3.28. The molecule has 7 heteroatoms. The molecule has 1 N–H and O–H groups in total. The van der Waals surface area contributed by atoms with Crippen LogP contribution in [-0.4, -0.2) is 14.7 Å². The summed E-state index contributed by atoms with van der Waals surface area (Å²) in [5, 5.41) is 5.00. The zero-order valence-electron chi connectivity index (χ0n) is 20.0. The Morgan fingerprint density at radius 2 is 1.74 bits per heavy atom. The molecule has 0 aliphatic carbocycles. The first-order chi connectivity index (χ1) is 16.8. The summed E-state index contributed by atoms with van der Waals surface area (Å²) in [5.74, 6) is 0. The number of hydrogen-bond acceptors (Lipinski definition) is 2. The van der Waals surface area contributed by atoms with Gasteiger partial charge in [0, 0.05) is 44.0 Å². The summed E-state index contributed by atoms with van der Waals surface area (Å²) in [5.41, 5.74) is 9.05. The molecule has 4 aromatic rings. The van der Waals surface area contributed by atoms with E-state index in [1.807, 2.05) is 36.5 Å². The van der Waals surface area contributed by atoms with E-state index in [4.69, 9.17) is 28.8 Å². The number of nitrogens with one attached hydrogen (secondary N) is 1. The Balaban J connectivity index is 1.74. The van der Waals surface area contributed by atoms with E-state index in [9.17, 15) is 0 Å². The van der Waals surface area contributed by atoms with Crippen molar-refractivity contribution in [2.75, 3.05) is 4.90 Å². The highest BCUT2D eigenvalue weighted by molar-refractivity contribution is 9.10. The molecule has 1 aliphatic rings. The summed E-state index contributed by atoms with van der Waals surface area (Å²) < 4.78 is 3.37. The van der Waals surface area contributed by atoms with Gasteiger partial charge in [-0.25, -0.2) is 0 Å². The Kier molecular flexibility index (Phi) is 6.47. The molecule has 0 amide bonds. The van der Waals surface area contributed by atoms with Crippen LogP contribution >= 0.6 is 39.7 Å². The second kappa shape index (κ2) is 9.41. The van der Waals surface area contributed by atoms with Gasteiger partial charge < -0.3 is 14.8 Å². The molecular formula is C28H26BrClN4S. The Hall–Kier alpha value is -2.67. The molecule has 1 fully saturated rings. The summed E-state index contributed by atoms with van der Waals surface area (Å²) in [6.07, 6.45) is 1.84. The number of aromatic nitrogens is 2. The van der Waals surface area contributed by atoms with Crippen LogP contribution in [-0.2, 0) is 0 Å². The summed E-state index contributed by atoms with van der Waals surface area (Å²) in [7, 11) is 0. The quantitative estimate of drug-likeness (QED) is 0.257. The smallest absolute Gasteiger partial charge is 0.174 e. The minimum Gasteiger partial charge on any atom is -0.351 e. The maximum atomic E-state index is 6.37. The van der Waals surface area contributed by atoms with Crippen LogP contribution in [0.25, 0.3) is 5.69 Å². The highest BCUT2D eigenvalue weighted by atomic mass is 79.9. The van der Waals surface area contributed by atoms with Gasteiger partial charge in [-0.1, -0.05) is 39.7 Å². The molecule has 4 nitrogen and oxygen atoms in total. The van der Waals surface area contributed by atoms with Gasteiger partial charge in [-0.05, 0) is 99.6 Å². The minimum absolute atomic E-state index is 0.0721. The lowest BCUT2D eigenvalue weighted by molar-refractivity contribution is 0.563. The number of nitrogens with zero attached hydrogens (tertiary/aromatic N) is 3. The van der Waals surface area contributed by atoms with Gasteiger partial charge in [-0.2, -0.15) is 0 Å². The highest BCUT2D eigenvalue weighted by Crippen LogP contribution is 2.45. The van der Waals surface area contributed by atoms with Crippen LogP contribution in [0.1, 0.15) is 45.9 Å². The van der Waals surface area contributed by atoms with Gasteiger partial charge in [-0.15, -0.1) is 0 Å². The molecule has 3 heterocycles. The zero-order valence-corrected chi connectivity index (χ0v) is 23.2. The Labute approximate surface area is 225 Å². The minimum atomic E-state index is -0.0975. The molecule has 1 aliphatic heterocycles. The van der Waals surface area contributed by atoms with Crippen molar-refractivity contribution >= 4 is 50.5 Å². The predicted octanol–water partition coefficient (Wildman–Crippen LogP) is 7.70. The molecule has 0 unspecified atom stereocenters. The lowest BCUT2D eigenvalue weighted by Gasteiger charge is -2.29. The van der Waals surface area contributed by atoms with E-state index in [1.54, 1.807) is 0 Å². The molecule has 0 bridgehead atoms. The first-order valence-corrected chi connectivity index (χ1v) is 13.1. The summed E-state index contributed by atoms with van der Waals surface area (Å²) in [6.45, 7) is 8.64. The maximum Gasteiger partial charge on any atom is 0.174 e. The SMILES string of the molecule is Cc1cc(N2C(=S)N[C@H](c3ccccn3)[C@H]2c2c(C)c(C)n(-c3cccc(Cl)c3)c2C)ccc1Br. The zero-order chi connectivity index (χ0) is 24.9. The second-order valence-corrected chi connectivity index (χ2v) is 10.6. The fourth-order valence-corrected chi connectivity index (χ4v) is 5.93. The van der Waals surface area contributed by atoms with Crippen LogP contribution in [0.4, 0.5) is 5.69 Å². The monoisotopic (exact) mass is 564 g/mol. The first-order valence-electron chi connectivity index (χ1n) is 11.5. The van der Waals surface area contributed by atoms with Gasteiger partial charge in [0.1, 0.15) is 0 Å². The van der Waals surface area contributed by atoms with Crippen LogP contribution in [0, 0.1) is 27.7 Å². The van der Waals surface area contributed by atoms with E-state index in [2.05, 4.69) is 88.7 Å². The lowest BCUT2D eigenvalue weighted by Crippen LogP contribution is -2.30. The van der Waals surface area contributed by atoms with Crippen molar-refractivity contribution < 1.29 is 0 Å². The van der Waals surface area contributed by atoms with Crippen molar-refractivity contribution in [2.24, 2.45) is 0 Å². The maximum absolute atomic E-state index is 6.37. The van der Waals surface area contributed by atoms with Crippen LogP contribution in [0.2, 0.25) is 5.02 Å². The van der Waals surface area contributed by atoms with E-state index in [0.717, 1.165) is 32.1 Å². The highest BCUT2D eigenvalue weighted by Gasteiger charge is 2.43. The first kappa shape index (κ1) is 24.0. The summed E-state index contributed by atoms with van der Waals surface area (Å²) in [4.78, 5) is 6.95. The van der Waals surface area contributed by atoms with E-state index in [1.165, 1.54) is 22.5 Å². The normalized spacial score (nSPS) is 17.7. The fourth-order valence-electron chi connectivity index (χ4n) is 5.15. The molecule has 2 aromatic carbocycles.